The molecule has 0 aliphatic carbocycles. The van der Waals surface area contributed by atoms with Crippen molar-refractivity contribution < 1.29 is 9.59 Å². The van der Waals surface area contributed by atoms with E-state index in [1.165, 1.54) is 6.20 Å². The predicted octanol–water partition coefficient (Wildman–Crippen LogP) is 5.21. The lowest BCUT2D eigenvalue weighted by atomic mass is 9.79. The zero-order chi connectivity index (χ0) is 25.2. The molecular weight excluding hydrogens is 464 g/mol. The van der Waals surface area contributed by atoms with Crippen LogP contribution in [0.25, 0.3) is 5.69 Å². The predicted molar refractivity (Wildman–Crippen MR) is 139 cm³/mol. The number of piperidine rings is 1. The van der Waals surface area contributed by atoms with Gasteiger partial charge in [-0.05, 0) is 70.9 Å². The SMILES string of the molecule is CC1(C)CC(NC(=O)c2cccc(-n3cc(NC(=O)Nc4ccccc4Cl)cn3)c2)CC(C)(C)N1. The van der Waals surface area contributed by atoms with Gasteiger partial charge in [0.1, 0.15) is 0 Å². The van der Waals surface area contributed by atoms with Gasteiger partial charge in [0.05, 0.1) is 34.5 Å². The Bertz CT molecular complexity index is 1220. The smallest absolute Gasteiger partial charge is 0.323 e. The second kappa shape index (κ2) is 9.71. The van der Waals surface area contributed by atoms with E-state index in [1.807, 2.05) is 12.1 Å². The molecule has 1 aromatic heterocycles. The standard InChI is InChI=1S/C26H31ClN6O2/c1-25(2)13-18(14-26(3,4)32-25)29-23(34)17-8-7-9-20(12-17)33-16-19(15-28-33)30-24(35)31-22-11-6-5-10-21(22)27/h5-12,15-16,18,32H,13-14H2,1-4H3,(H,29,34)(H2,30,31,35). The van der Waals surface area contributed by atoms with E-state index in [4.69, 9.17) is 11.6 Å². The van der Waals surface area contributed by atoms with E-state index in [2.05, 4.69) is 54.1 Å². The van der Waals surface area contributed by atoms with E-state index in [0.717, 1.165) is 12.8 Å². The third kappa shape index (κ3) is 6.41. The second-order valence-corrected chi connectivity index (χ2v) is 10.7. The van der Waals surface area contributed by atoms with E-state index in [9.17, 15) is 9.59 Å². The zero-order valence-corrected chi connectivity index (χ0v) is 21.1. The highest BCUT2D eigenvalue weighted by Crippen LogP contribution is 2.29. The Kier molecular flexibility index (Phi) is 6.87. The fourth-order valence-corrected chi connectivity index (χ4v) is 5.04. The fraction of sp³-hybridized carbons (Fsp3) is 0.346. The Hall–Kier alpha value is -3.36. The van der Waals surface area contributed by atoms with Crippen LogP contribution in [-0.2, 0) is 0 Å². The van der Waals surface area contributed by atoms with Crippen LogP contribution in [0, 0.1) is 0 Å². The minimum atomic E-state index is -0.432. The molecular formula is C26H31ClN6O2. The molecule has 1 saturated heterocycles. The number of hydrogen-bond donors (Lipinski definition) is 4. The number of anilines is 2. The summed E-state index contributed by atoms with van der Waals surface area (Å²) in [4.78, 5) is 25.4. The fourth-order valence-electron chi connectivity index (χ4n) is 4.86. The molecule has 0 saturated carbocycles. The van der Waals surface area contributed by atoms with E-state index in [-0.39, 0.29) is 23.0 Å². The van der Waals surface area contributed by atoms with E-state index < -0.39 is 6.03 Å². The van der Waals surface area contributed by atoms with Crippen molar-refractivity contribution in [2.24, 2.45) is 0 Å². The summed E-state index contributed by atoms with van der Waals surface area (Å²) in [6, 6.07) is 13.9. The zero-order valence-electron chi connectivity index (χ0n) is 20.4. The minimum absolute atomic E-state index is 0.0574. The minimum Gasteiger partial charge on any atom is -0.349 e. The molecule has 0 bridgehead atoms. The highest BCUT2D eigenvalue weighted by atomic mass is 35.5. The van der Waals surface area contributed by atoms with Crippen LogP contribution in [0.15, 0.2) is 60.9 Å². The molecule has 35 heavy (non-hydrogen) atoms. The van der Waals surface area contributed by atoms with Crippen molar-refractivity contribution in [3.63, 3.8) is 0 Å². The van der Waals surface area contributed by atoms with Gasteiger partial charge < -0.3 is 21.3 Å². The number of benzene rings is 2. The second-order valence-electron chi connectivity index (χ2n) is 10.3. The van der Waals surface area contributed by atoms with Crippen molar-refractivity contribution in [2.45, 2.75) is 57.7 Å². The Labute approximate surface area is 210 Å². The van der Waals surface area contributed by atoms with Crippen LogP contribution in [0.1, 0.15) is 50.9 Å². The quantitative estimate of drug-likeness (QED) is 0.391. The molecule has 0 atom stereocenters. The number of aromatic nitrogens is 2. The summed E-state index contributed by atoms with van der Waals surface area (Å²) in [6.07, 6.45) is 4.93. The average molecular weight is 495 g/mol. The van der Waals surface area contributed by atoms with Crippen LogP contribution in [0.4, 0.5) is 16.2 Å². The van der Waals surface area contributed by atoms with Gasteiger partial charge in [0.15, 0.2) is 0 Å². The molecule has 8 nitrogen and oxygen atoms in total. The molecule has 0 radical (unpaired) electrons. The third-order valence-corrected chi connectivity index (χ3v) is 6.19. The van der Waals surface area contributed by atoms with Crippen molar-refractivity contribution in [1.29, 1.82) is 0 Å². The molecule has 4 rings (SSSR count). The van der Waals surface area contributed by atoms with Crippen LogP contribution < -0.4 is 21.3 Å². The molecule has 3 amide bonds. The van der Waals surface area contributed by atoms with Gasteiger partial charge in [0, 0.05) is 22.7 Å². The Balaban J connectivity index is 1.41. The summed E-state index contributed by atoms with van der Waals surface area (Å²) >= 11 is 6.09. The number of halogens is 1. The topological polar surface area (TPSA) is 100 Å². The van der Waals surface area contributed by atoms with Gasteiger partial charge in [-0.15, -0.1) is 0 Å². The van der Waals surface area contributed by atoms with E-state index >= 15 is 0 Å². The molecule has 2 heterocycles. The Morgan fingerprint density at radius 3 is 2.46 bits per heavy atom. The highest BCUT2D eigenvalue weighted by molar-refractivity contribution is 6.33. The lowest BCUT2D eigenvalue weighted by Crippen LogP contribution is -2.62. The van der Waals surface area contributed by atoms with Crippen molar-refractivity contribution in [3.8, 4) is 5.69 Å². The molecule has 2 aromatic carbocycles. The van der Waals surface area contributed by atoms with Crippen molar-refractivity contribution >= 4 is 34.9 Å². The molecule has 3 aromatic rings. The van der Waals surface area contributed by atoms with Crippen LogP contribution in [0.2, 0.25) is 5.02 Å². The first-order chi connectivity index (χ1) is 16.5. The van der Waals surface area contributed by atoms with Gasteiger partial charge in [-0.2, -0.15) is 5.10 Å². The van der Waals surface area contributed by atoms with E-state index in [0.29, 0.717) is 27.6 Å². The van der Waals surface area contributed by atoms with Crippen LogP contribution in [0.3, 0.4) is 0 Å². The number of amides is 3. The lowest BCUT2D eigenvalue weighted by molar-refractivity contribution is 0.0873. The van der Waals surface area contributed by atoms with Crippen molar-refractivity contribution in [2.75, 3.05) is 10.6 Å². The number of para-hydroxylation sites is 1. The summed E-state index contributed by atoms with van der Waals surface area (Å²) in [5.74, 6) is -0.116. The van der Waals surface area contributed by atoms with Crippen molar-refractivity contribution in [3.05, 3.63) is 71.5 Å². The summed E-state index contributed by atoms with van der Waals surface area (Å²) < 4.78 is 1.61. The molecule has 4 N–H and O–H groups in total. The van der Waals surface area contributed by atoms with Crippen LogP contribution in [-0.4, -0.2) is 38.8 Å². The monoisotopic (exact) mass is 494 g/mol. The summed E-state index contributed by atoms with van der Waals surface area (Å²) in [7, 11) is 0. The van der Waals surface area contributed by atoms with Gasteiger partial charge in [0.2, 0.25) is 0 Å². The highest BCUT2D eigenvalue weighted by Gasteiger charge is 2.38. The van der Waals surface area contributed by atoms with E-state index in [1.54, 1.807) is 47.3 Å². The van der Waals surface area contributed by atoms with Crippen LogP contribution in [0.5, 0.6) is 0 Å². The Morgan fingerprint density at radius 2 is 1.74 bits per heavy atom. The number of carbonyl (C=O) groups is 2. The van der Waals surface area contributed by atoms with Gasteiger partial charge in [0.25, 0.3) is 5.91 Å². The van der Waals surface area contributed by atoms with Crippen LogP contribution >= 0.6 is 11.6 Å². The first kappa shape index (κ1) is 24.8. The van der Waals surface area contributed by atoms with Gasteiger partial charge in [-0.1, -0.05) is 29.8 Å². The maximum Gasteiger partial charge on any atom is 0.323 e. The molecule has 1 fully saturated rings. The normalized spacial score (nSPS) is 16.9. The number of rotatable bonds is 5. The molecule has 1 aliphatic heterocycles. The van der Waals surface area contributed by atoms with Crippen molar-refractivity contribution in [1.82, 2.24) is 20.4 Å². The summed E-state index contributed by atoms with van der Waals surface area (Å²) in [6.45, 7) is 8.63. The Morgan fingerprint density at radius 1 is 1.03 bits per heavy atom. The molecule has 1 aliphatic rings. The summed E-state index contributed by atoms with van der Waals surface area (Å²) in [5, 5.41) is 17.1. The maximum absolute atomic E-state index is 13.0. The first-order valence-corrected chi connectivity index (χ1v) is 12.0. The maximum atomic E-state index is 13.0. The molecule has 0 unspecified atom stereocenters. The van der Waals surface area contributed by atoms with Gasteiger partial charge >= 0.3 is 6.03 Å². The number of carbonyl (C=O) groups excluding carboxylic acids is 2. The number of hydrogen-bond acceptors (Lipinski definition) is 4. The first-order valence-electron chi connectivity index (χ1n) is 11.6. The number of nitrogens with one attached hydrogen (secondary N) is 4. The average Bonchev–Trinajstić information content (AvgIpc) is 3.21. The largest absolute Gasteiger partial charge is 0.349 e. The molecule has 9 heteroatoms. The van der Waals surface area contributed by atoms with Gasteiger partial charge in [-0.3, -0.25) is 4.79 Å². The molecule has 0 spiro atoms. The number of nitrogens with zero attached hydrogens (tertiary/aromatic N) is 2. The lowest BCUT2D eigenvalue weighted by Gasteiger charge is -2.46. The van der Waals surface area contributed by atoms with Gasteiger partial charge in [-0.25, -0.2) is 9.48 Å². The molecule has 184 valence electrons. The summed E-state index contributed by atoms with van der Waals surface area (Å²) in [5.41, 5.74) is 2.17. The number of urea groups is 1. The third-order valence-electron chi connectivity index (χ3n) is 5.86.